The lowest BCUT2D eigenvalue weighted by atomic mass is 10.1. The number of para-hydroxylation sites is 1. The summed E-state index contributed by atoms with van der Waals surface area (Å²) in [7, 11) is 0. The largest absolute Gasteiger partial charge is 0.486 e. The lowest BCUT2D eigenvalue weighted by molar-refractivity contribution is 0.289. The normalized spacial score (nSPS) is 10.6. The van der Waals surface area contributed by atoms with Crippen LogP contribution in [0.1, 0.15) is 24.5 Å². The maximum atomic E-state index is 13.5. The van der Waals surface area contributed by atoms with E-state index in [4.69, 9.17) is 4.74 Å². The van der Waals surface area contributed by atoms with E-state index in [-0.39, 0.29) is 11.6 Å². The van der Waals surface area contributed by atoms with Gasteiger partial charge in [-0.05, 0) is 36.7 Å². The number of ether oxygens (including phenoxy) is 1. The molecule has 0 fully saturated rings. The Hall–Kier alpha value is -1.39. The van der Waals surface area contributed by atoms with Gasteiger partial charge in [-0.1, -0.05) is 47.1 Å². The van der Waals surface area contributed by atoms with Crippen molar-refractivity contribution in [1.82, 2.24) is 5.32 Å². The van der Waals surface area contributed by atoms with Crippen molar-refractivity contribution in [2.75, 3.05) is 6.54 Å². The van der Waals surface area contributed by atoms with Gasteiger partial charge in [-0.15, -0.1) is 0 Å². The van der Waals surface area contributed by atoms with Crippen molar-refractivity contribution in [2.24, 2.45) is 0 Å². The molecule has 0 amide bonds. The van der Waals surface area contributed by atoms with E-state index in [2.05, 4.69) is 40.3 Å². The van der Waals surface area contributed by atoms with Gasteiger partial charge in [0.15, 0.2) is 11.6 Å². The van der Waals surface area contributed by atoms with Crippen LogP contribution >= 0.6 is 15.9 Å². The summed E-state index contributed by atoms with van der Waals surface area (Å²) in [6, 6.07) is 12.6. The van der Waals surface area contributed by atoms with E-state index in [1.807, 2.05) is 6.07 Å². The second kappa shape index (κ2) is 8.15. The van der Waals surface area contributed by atoms with E-state index in [1.54, 1.807) is 18.2 Å². The van der Waals surface area contributed by atoms with E-state index < -0.39 is 0 Å². The maximum absolute atomic E-state index is 13.5. The Balaban J connectivity index is 1.96. The van der Waals surface area contributed by atoms with Crippen molar-refractivity contribution >= 4 is 15.9 Å². The van der Waals surface area contributed by atoms with Crippen LogP contribution in [-0.4, -0.2) is 6.54 Å². The van der Waals surface area contributed by atoms with Gasteiger partial charge in [0, 0.05) is 16.6 Å². The van der Waals surface area contributed by atoms with Crippen LogP contribution in [0.15, 0.2) is 46.9 Å². The van der Waals surface area contributed by atoms with Crippen LogP contribution in [0, 0.1) is 5.82 Å². The number of nitrogens with one attached hydrogen (secondary N) is 1. The summed E-state index contributed by atoms with van der Waals surface area (Å²) in [4.78, 5) is 0. The molecule has 0 saturated carbocycles. The van der Waals surface area contributed by atoms with Gasteiger partial charge in [0.25, 0.3) is 0 Å². The second-order valence-electron chi connectivity index (χ2n) is 4.82. The molecule has 0 aromatic heterocycles. The molecule has 0 saturated heterocycles. The molecule has 2 aromatic carbocycles. The number of benzene rings is 2. The van der Waals surface area contributed by atoms with Crippen molar-refractivity contribution in [3.8, 4) is 5.75 Å². The molecule has 0 spiro atoms. The molecule has 4 heteroatoms. The van der Waals surface area contributed by atoms with Crippen molar-refractivity contribution in [3.63, 3.8) is 0 Å². The molecule has 2 nitrogen and oxygen atoms in total. The van der Waals surface area contributed by atoms with Crippen molar-refractivity contribution in [2.45, 2.75) is 26.5 Å². The summed E-state index contributed by atoms with van der Waals surface area (Å²) < 4.78 is 20.0. The predicted octanol–water partition coefficient (Wildman–Crippen LogP) is 4.67. The van der Waals surface area contributed by atoms with Crippen molar-refractivity contribution in [1.29, 1.82) is 0 Å². The van der Waals surface area contributed by atoms with Gasteiger partial charge >= 0.3 is 0 Å². The van der Waals surface area contributed by atoms with Crippen LogP contribution in [0.4, 0.5) is 4.39 Å². The Bertz CT molecular complexity index is 589. The first-order chi connectivity index (χ1) is 10.2. The Morgan fingerprint density at radius 1 is 1.19 bits per heavy atom. The minimum absolute atomic E-state index is 0.276. The highest BCUT2D eigenvalue weighted by Gasteiger charge is 2.05. The molecule has 0 atom stereocenters. The summed E-state index contributed by atoms with van der Waals surface area (Å²) in [5.41, 5.74) is 2.21. The number of hydrogen-bond donors (Lipinski definition) is 1. The zero-order valence-corrected chi connectivity index (χ0v) is 13.6. The molecule has 0 unspecified atom stereocenters. The zero-order valence-electron chi connectivity index (χ0n) is 12.0. The van der Waals surface area contributed by atoms with Crippen LogP contribution in [0.3, 0.4) is 0 Å². The minimum Gasteiger partial charge on any atom is -0.486 e. The third kappa shape index (κ3) is 4.83. The summed E-state index contributed by atoms with van der Waals surface area (Å²) in [6.07, 6.45) is 1.12. The lowest BCUT2D eigenvalue weighted by Gasteiger charge is -2.10. The summed E-state index contributed by atoms with van der Waals surface area (Å²) in [5, 5.41) is 3.36. The SMILES string of the molecule is CCCNCc1ccc(COc2ccccc2F)c(Br)c1. The molecular formula is C17H19BrFNO. The molecule has 21 heavy (non-hydrogen) atoms. The van der Waals surface area contributed by atoms with Gasteiger partial charge in [0.1, 0.15) is 6.61 Å². The van der Waals surface area contributed by atoms with Gasteiger partial charge in [0.2, 0.25) is 0 Å². The zero-order chi connectivity index (χ0) is 15.1. The highest BCUT2D eigenvalue weighted by molar-refractivity contribution is 9.10. The summed E-state index contributed by atoms with van der Waals surface area (Å²) >= 11 is 3.55. The van der Waals surface area contributed by atoms with Gasteiger partial charge < -0.3 is 10.1 Å². The molecule has 0 aliphatic carbocycles. The van der Waals surface area contributed by atoms with Gasteiger partial charge in [0.05, 0.1) is 0 Å². The van der Waals surface area contributed by atoms with Crippen molar-refractivity contribution < 1.29 is 9.13 Å². The first-order valence-electron chi connectivity index (χ1n) is 7.06. The summed E-state index contributed by atoms with van der Waals surface area (Å²) in [5.74, 6) is -0.0629. The Morgan fingerprint density at radius 3 is 2.71 bits per heavy atom. The predicted molar refractivity (Wildman–Crippen MR) is 86.9 cm³/mol. The van der Waals surface area contributed by atoms with E-state index in [0.717, 1.165) is 29.5 Å². The molecule has 1 N–H and O–H groups in total. The van der Waals surface area contributed by atoms with E-state index >= 15 is 0 Å². The van der Waals surface area contributed by atoms with Crippen LogP contribution in [0.5, 0.6) is 5.75 Å². The number of rotatable bonds is 7. The third-order valence-electron chi connectivity index (χ3n) is 3.09. The first-order valence-corrected chi connectivity index (χ1v) is 7.85. The van der Waals surface area contributed by atoms with Gasteiger partial charge in [-0.2, -0.15) is 0 Å². The number of halogens is 2. The topological polar surface area (TPSA) is 21.3 Å². The fraction of sp³-hybridized carbons (Fsp3) is 0.294. The fourth-order valence-corrected chi connectivity index (χ4v) is 2.49. The molecular weight excluding hydrogens is 333 g/mol. The molecule has 0 heterocycles. The van der Waals surface area contributed by atoms with Crippen LogP contribution in [-0.2, 0) is 13.2 Å². The average molecular weight is 352 g/mol. The monoisotopic (exact) mass is 351 g/mol. The molecule has 0 aliphatic heterocycles. The molecule has 0 bridgehead atoms. The van der Waals surface area contributed by atoms with Crippen LogP contribution in [0.25, 0.3) is 0 Å². The Kier molecular flexibility index (Phi) is 6.21. The van der Waals surface area contributed by atoms with E-state index in [0.29, 0.717) is 6.61 Å². The van der Waals surface area contributed by atoms with Crippen LogP contribution in [0.2, 0.25) is 0 Å². The lowest BCUT2D eigenvalue weighted by Crippen LogP contribution is -2.13. The third-order valence-corrected chi connectivity index (χ3v) is 3.83. The molecule has 112 valence electrons. The highest BCUT2D eigenvalue weighted by atomic mass is 79.9. The molecule has 2 rings (SSSR count). The highest BCUT2D eigenvalue weighted by Crippen LogP contribution is 2.22. The standard InChI is InChI=1S/C17H19BrFNO/c1-2-9-20-11-13-7-8-14(15(18)10-13)12-21-17-6-4-3-5-16(17)19/h3-8,10,20H,2,9,11-12H2,1H3. The van der Waals surface area contributed by atoms with Crippen molar-refractivity contribution in [3.05, 3.63) is 63.9 Å². The van der Waals surface area contributed by atoms with Gasteiger partial charge in [-0.3, -0.25) is 0 Å². The Morgan fingerprint density at radius 2 is 2.00 bits per heavy atom. The van der Waals surface area contributed by atoms with Gasteiger partial charge in [-0.25, -0.2) is 4.39 Å². The first kappa shape index (κ1) is 16.0. The molecule has 0 aliphatic rings. The van der Waals surface area contributed by atoms with Crippen LogP contribution < -0.4 is 10.1 Å². The van der Waals surface area contributed by atoms with E-state index in [9.17, 15) is 4.39 Å². The quantitative estimate of drug-likeness (QED) is 0.732. The molecule has 0 radical (unpaired) electrons. The smallest absolute Gasteiger partial charge is 0.165 e. The second-order valence-corrected chi connectivity index (χ2v) is 5.68. The molecule has 2 aromatic rings. The Labute approximate surface area is 133 Å². The average Bonchev–Trinajstić information content (AvgIpc) is 2.48. The fourth-order valence-electron chi connectivity index (χ4n) is 1.94. The minimum atomic E-state index is -0.339. The number of hydrogen-bond acceptors (Lipinski definition) is 2. The van der Waals surface area contributed by atoms with E-state index in [1.165, 1.54) is 11.6 Å². The summed E-state index contributed by atoms with van der Waals surface area (Å²) in [6.45, 7) is 4.34. The maximum Gasteiger partial charge on any atom is 0.165 e.